The van der Waals surface area contributed by atoms with Gasteiger partial charge in [0.05, 0.1) is 17.2 Å². The number of benzene rings is 1. The molecule has 2 amide bonds. The highest BCUT2D eigenvalue weighted by molar-refractivity contribution is 6.21. The Labute approximate surface area is 106 Å². The van der Waals surface area contributed by atoms with Crippen LogP contribution >= 0.6 is 0 Å². The highest BCUT2D eigenvalue weighted by Crippen LogP contribution is 2.22. The predicted molar refractivity (Wildman–Crippen MR) is 67.2 cm³/mol. The van der Waals surface area contributed by atoms with Crippen molar-refractivity contribution >= 4 is 11.8 Å². The first-order valence-electron chi connectivity index (χ1n) is 5.91. The maximum absolute atomic E-state index is 12.0. The lowest BCUT2D eigenvalue weighted by molar-refractivity contribution is 0.0657. The molecule has 1 atom stereocenters. The highest BCUT2D eigenvalue weighted by Gasteiger charge is 2.34. The molecule has 1 aliphatic heterocycles. The Morgan fingerprint density at radius 1 is 1.22 bits per heavy atom. The number of aliphatic hydroxyl groups excluding tert-OH is 1. The second kappa shape index (κ2) is 5.14. The van der Waals surface area contributed by atoms with Crippen molar-refractivity contribution in [1.82, 2.24) is 4.90 Å². The molecule has 0 bridgehead atoms. The summed E-state index contributed by atoms with van der Waals surface area (Å²) in [6.45, 7) is 1.99. The average Bonchev–Trinajstić information content (AvgIpc) is 2.59. The lowest BCUT2D eigenvalue weighted by Crippen LogP contribution is -2.30. The lowest BCUT2D eigenvalue weighted by Gasteiger charge is -2.11. The topological polar surface area (TPSA) is 57.6 Å². The number of rotatable bonds is 4. The van der Waals surface area contributed by atoms with Crippen LogP contribution in [0.25, 0.3) is 0 Å². The minimum Gasteiger partial charge on any atom is -0.389 e. The molecule has 0 saturated carbocycles. The van der Waals surface area contributed by atoms with Crippen LogP contribution in [0.2, 0.25) is 0 Å². The van der Waals surface area contributed by atoms with E-state index in [2.05, 4.69) is 0 Å². The maximum Gasteiger partial charge on any atom is 0.261 e. The van der Waals surface area contributed by atoms with Crippen molar-refractivity contribution in [2.45, 2.75) is 19.4 Å². The molecule has 18 heavy (non-hydrogen) atoms. The van der Waals surface area contributed by atoms with Gasteiger partial charge in [0.1, 0.15) is 0 Å². The Morgan fingerprint density at radius 2 is 1.78 bits per heavy atom. The molecule has 1 heterocycles. The molecule has 1 unspecified atom stereocenters. The van der Waals surface area contributed by atoms with Crippen LogP contribution in [0.3, 0.4) is 0 Å². The summed E-state index contributed by atoms with van der Waals surface area (Å²) >= 11 is 0. The van der Waals surface area contributed by atoms with Crippen molar-refractivity contribution in [2.24, 2.45) is 0 Å². The van der Waals surface area contributed by atoms with Crippen molar-refractivity contribution in [1.29, 1.82) is 0 Å². The second-order valence-electron chi connectivity index (χ2n) is 4.26. The fourth-order valence-electron chi connectivity index (χ4n) is 1.94. The molecule has 1 aromatic rings. The number of imide groups is 1. The minimum absolute atomic E-state index is 0.235. The third-order valence-electron chi connectivity index (χ3n) is 2.81. The Kier molecular flexibility index (Phi) is 3.58. The van der Waals surface area contributed by atoms with Crippen molar-refractivity contribution in [3.8, 4) is 0 Å². The number of aliphatic hydroxyl groups is 1. The molecule has 0 radical (unpaired) electrons. The average molecular weight is 245 g/mol. The summed E-state index contributed by atoms with van der Waals surface area (Å²) in [7, 11) is 0. The van der Waals surface area contributed by atoms with Crippen molar-refractivity contribution in [3.63, 3.8) is 0 Å². The van der Waals surface area contributed by atoms with Gasteiger partial charge in [0.15, 0.2) is 0 Å². The van der Waals surface area contributed by atoms with Gasteiger partial charge in [-0.2, -0.15) is 0 Å². The van der Waals surface area contributed by atoms with Crippen LogP contribution in [0.5, 0.6) is 0 Å². The Hall–Kier alpha value is -1.94. The van der Waals surface area contributed by atoms with Gasteiger partial charge in [-0.05, 0) is 25.5 Å². The van der Waals surface area contributed by atoms with E-state index in [0.717, 1.165) is 0 Å². The largest absolute Gasteiger partial charge is 0.389 e. The van der Waals surface area contributed by atoms with Gasteiger partial charge in [-0.1, -0.05) is 24.3 Å². The normalized spacial score (nSPS) is 16.4. The van der Waals surface area contributed by atoms with Crippen LogP contribution in [0.15, 0.2) is 36.4 Å². The summed E-state index contributed by atoms with van der Waals surface area (Å²) in [4.78, 5) is 25.2. The van der Waals surface area contributed by atoms with E-state index in [0.29, 0.717) is 24.1 Å². The first-order chi connectivity index (χ1) is 8.61. The van der Waals surface area contributed by atoms with Gasteiger partial charge in [-0.3, -0.25) is 14.5 Å². The van der Waals surface area contributed by atoms with Gasteiger partial charge < -0.3 is 5.11 Å². The lowest BCUT2D eigenvalue weighted by atomic mass is 10.1. The van der Waals surface area contributed by atoms with Crippen LogP contribution in [0, 0.1) is 0 Å². The number of hydrogen-bond donors (Lipinski definition) is 1. The molecule has 0 fully saturated rings. The molecule has 4 nitrogen and oxygen atoms in total. The van der Waals surface area contributed by atoms with Crippen LogP contribution in [0.1, 0.15) is 34.1 Å². The molecule has 2 rings (SSSR count). The van der Waals surface area contributed by atoms with E-state index >= 15 is 0 Å². The predicted octanol–water partition coefficient (Wildman–Crippen LogP) is 1.61. The molecule has 0 spiro atoms. The zero-order chi connectivity index (χ0) is 13.1. The van der Waals surface area contributed by atoms with Gasteiger partial charge in [0, 0.05) is 6.54 Å². The first kappa shape index (κ1) is 12.5. The van der Waals surface area contributed by atoms with Gasteiger partial charge in [0.2, 0.25) is 0 Å². The molecule has 94 valence electrons. The summed E-state index contributed by atoms with van der Waals surface area (Å²) in [6, 6.07) is 6.84. The molecular weight excluding hydrogens is 230 g/mol. The summed E-state index contributed by atoms with van der Waals surface area (Å²) in [6.07, 6.45) is 3.45. The van der Waals surface area contributed by atoms with Crippen LogP contribution in [0.4, 0.5) is 0 Å². The third-order valence-corrected chi connectivity index (χ3v) is 2.81. The number of fused-ring (bicyclic) bond motifs is 1. The van der Waals surface area contributed by atoms with E-state index in [1.54, 1.807) is 43.3 Å². The molecule has 0 aliphatic carbocycles. The standard InChI is InChI=1S/C14H15NO3/c1-10(16)6-4-5-9-15-13(17)11-7-2-3-8-12(11)14(15)18/h2-4,6-8,10,16H,5,9H2,1H3. The number of hydrogen-bond acceptors (Lipinski definition) is 3. The monoisotopic (exact) mass is 245 g/mol. The van der Waals surface area contributed by atoms with Gasteiger partial charge in [-0.25, -0.2) is 0 Å². The Bertz CT molecular complexity index is 471. The van der Waals surface area contributed by atoms with E-state index in [4.69, 9.17) is 5.11 Å². The smallest absolute Gasteiger partial charge is 0.261 e. The number of nitrogens with zero attached hydrogens (tertiary/aromatic N) is 1. The number of amides is 2. The van der Waals surface area contributed by atoms with Crippen molar-refractivity contribution < 1.29 is 14.7 Å². The van der Waals surface area contributed by atoms with Gasteiger partial charge in [-0.15, -0.1) is 0 Å². The third kappa shape index (κ3) is 2.33. The molecule has 1 aliphatic rings. The van der Waals surface area contributed by atoms with E-state index < -0.39 is 6.10 Å². The zero-order valence-electron chi connectivity index (χ0n) is 10.2. The van der Waals surface area contributed by atoms with Crippen LogP contribution in [-0.4, -0.2) is 34.5 Å². The van der Waals surface area contributed by atoms with Crippen molar-refractivity contribution in [3.05, 3.63) is 47.5 Å². The molecule has 0 aromatic heterocycles. The molecule has 1 aromatic carbocycles. The number of carbonyl (C=O) groups is 2. The van der Waals surface area contributed by atoms with Crippen molar-refractivity contribution in [2.75, 3.05) is 6.54 Å². The Morgan fingerprint density at radius 3 is 2.28 bits per heavy atom. The Balaban J connectivity index is 2.05. The van der Waals surface area contributed by atoms with E-state index in [1.165, 1.54) is 4.90 Å². The minimum atomic E-state index is -0.507. The van der Waals surface area contributed by atoms with E-state index in [-0.39, 0.29) is 11.8 Å². The maximum atomic E-state index is 12.0. The fraction of sp³-hybridized carbons (Fsp3) is 0.286. The summed E-state index contributed by atoms with van der Waals surface area (Å²) in [5, 5.41) is 9.06. The summed E-state index contributed by atoms with van der Waals surface area (Å²) < 4.78 is 0. The van der Waals surface area contributed by atoms with Gasteiger partial charge >= 0.3 is 0 Å². The second-order valence-corrected chi connectivity index (χ2v) is 4.26. The SMILES string of the molecule is CC(O)C=CCCN1C(=O)c2ccccc2C1=O. The number of carbonyl (C=O) groups excluding carboxylic acids is 2. The molecular formula is C14H15NO3. The first-order valence-corrected chi connectivity index (χ1v) is 5.91. The van der Waals surface area contributed by atoms with E-state index in [9.17, 15) is 9.59 Å². The van der Waals surface area contributed by atoms with Crippen LogP contribution in [-0.2, 0) is 0 Å². The van der Waals surface area contributed by atoms with Crippen LogP contribution < -0.4 is 0 Å². The highest BCUT2D eigenvalue weighted by atomic mass is 16.3. The van der Waals surface area contributed by atoms with Gasteiger partial charge in [0.25, 0.3) is 11.8 Å². The summed E-state index contributed by atoms with van der Waals surface area (Å²) in [5.74, 6) is -0.470. The molecule has 4 heteroatoms. The zero-order valence-corrected chi connectivity index (χ0v) is 10.2. The van der Waals surface area contributed by atoms with E-state index in [1.807, 2.05) is 0 Å². The molecule has 0 saturated heterocycles. The quantitative estimate of drug-likeness (QED) is 0.647. The summed E-state index contributed by atoms with van der Waals surface area (Å²) in [5.41, 5.74) is 0.948. The fourth-order valence-corrected chi connectivity index (χ4v) is 1.94. The molecule has 1 N–H and O–H groups in total.